The molecular weight excluding hydrogens is 652 g/mol. The lowest BCUT2D eigenvalue weighted by Gasteiger charge is -2.26. The molecule has 0 saturated heterocycles. The lowest BCUT2D eigenvalue weighted by atomic mass is 9.97. The Kier molecular flexibility index (Phi) is 20.1. The Labute approximate surface area is 294 Å². The van der Waals surface area contributed by atoms with Crippen molar-refractivity contribution in [1.82, 2.24) is 21.3 Å². The van der Waals surface area contributed by atoms with Gasteiger partial charge < -0.3 is 51.3 Å². The highest BCUT2D eigenvalue weighted by molar-refractivity contribution is 5.98. The minimum Gasteiger partial charge on any atom is -0.463 e. The largest absolute Gasteiger partial charge is 0.463 e. The Bertz CT molecular complexity index is 1230. The van der Waals surface area contributed by atoms with Crippen molar-refractivity contribution in [3.05, 3.63) is 29.8 Å². The van der Waals surface area contributed by atoms with Gasteiger partial charge in [0.25, 0.3) is 0 Å². The van der Waals surface area contributed by atoms with E-state index in [0.717, 1.165) is 0 Å². The zero-order chi connectivity index (χ0) is 37.7. The highest BCUT2D eigenvalue weighted by atomic mass is 16.6. The minimum atomic E-state index is -0.970. The van der Waals surface area contributed by atoms with Gasteiger partial charge in [-0.25, -0.2) is 9.59 Å². The molecule has 1 unspecified atom stereocenters. The summed E-state index contributed by atoms with van der Waals surface area (Å²) < 4.78 is 21.1. The fourth-order valence-corrected chi connectivity index (χ4v) is 3.97. The summed E-state index contributed by atoms with van der Waals surface area (Å²) in [7, 11) is 0. The van der Waals surface area contributed by atoms with Crippen LogP contribution in [0.3, 0.4) is 0 Å². The first-order valence-corrected chi connectivity index (χ1v) is 16.8. The Balaban J connectivity index is 2.51. The van der Waals surface area contributed by atoms with Crippen molar-refractivity contribution in [3.8, 4) is 0 Å². The molecule has 0 heterocycles. The van der Waals surface area contributed by atoms with E-state index in [1.165, 1.54) is 0 Å². The normalized spacial score (nSPS) is 12.4. The summed E-state index contributed by atoms with van der Waals surface area (Å²) in [5.41, 5.74) is 5.68. The van der Waals surface area contributed by atoms with Crippen LogP contribution < -0.4 is 32.3 Å². The van der Waals surface area contributed by atoms with Crippen LogP contribution in [0.15, 0.2) is 24.3 Å². The van der Waals surface area contributed by atoms with Crippen molar-refractivity contribution in [2.24, 2.45) is 23.0 Å². The van der Waals surface area contributed by atoms with E-state index in [1.807, 2.05) is 0 Å². The molecule has 0 aliphatic heterocycles. The zero-order valence-electron chi connectivity index (χ0n) is 30.3. The van der Waals surface area contributed by atoms with Crippen LogP contribution in [-0.2, 0) is 44.7 Å². The molecule has 0 aromatic heterocycles. The fourth-order valence-electron chi connectivity index (χ4n) is 3.97. The number of hydrogen-bond donors (Lipinski definition) is 6. The maximum Gasteiger partial charge on any atom is 0.407 e. The average Bonchev–Trinajstić information content (AvgIpc) is 3.04. The number of nitrogens with two attached hydrogens (primary N) is 1. The fraction of sp³-hybridized carbons (Fsp3) is 0.647. The molecule has 1 aromatic rings. The van der Waals surface area contributed by atoms with Crippen LogP contribution in [0.2, 0.25) is 0 Å². The van der Waals surface area contributed by atoms with Gasteiger partial charge in [-0.15, -0.1) is 0 Å². The number of rotatable bonds is 22. The van der Waals surface area contributed by atoms with Gasteiger partial charge >= 0.3 is 18.1 Å². The van der Waals surface area contributed by atoms with E-state index in [4.69, 9.17) is 24.7 Å². The molecule has 2 atom stereocenters. The number of carbonyl (C=O) groups excluding carboxylic acids is 6. The Hall–Kier alpha value is -4.44. The van der Waals surface area contributed by atoms with Gasteiger partial charge in [-0.05, 0) is 57.2 Å². The number of ether oxygens (including phenoxy) is 4. The third kappa shape index (κ3) is 18.9. The first kappa shape index (κ1) is 43.6. The van der Waals surface area contributed by atoms with Crippen LogP contribution in [0, 0.1) is 17.3 Å². The highest BCUT2D eigenvalue weighted by Crippen LogP contribution is 2.15. The molecule has 0 radical (unpaired) electrons. The van der Waals surface area contributed by atoms with E-state index >= 15 is 0 Å². The summed E-state index contributed by atoms with van der Waals surface area (Å²) in [6, 6.07) is 4.10. The van der Waals surface area contributed by atoms with E-state index in [0.29, 0.717) is 30.9 Å². The van der Waals surface area contributed by atoms with Crippen molar-refractivity contribution in [3.63, 3.8) is 0 Å². The average molecular weight is 709 g/mol. The maximum atomic E-state index is 13.2. The molecule has 0 aliphatic carbocycles. The predicted molar refractivity (Wildman–Crippen MR) is 186 cm³/mol. The summed E-state index contributed by atoms with van der Waals surface area (Å²) in [6.07, 6.45) is -0.0866. The molecule has 0 aliphatic rings. The second kappa shape index (κ2) is 23.1. The molecule has 16 nitrogen and oxygen atoms in total. The molecule has 1 aromatic carbocycles. The van der Waals surface area contributed by atoms with Gasteiger partial charge in [0.2, 0.25) is 17.7 Å². The van der Waals surface area contributed by atoms with Crippen LogP contribution in [0.4, 0.5) is 15.3 Å². The predicted octanol–water partition coefficient (Wildman–Crippen LogP) is 2.20. The van der Waals surface area contributed by atoms with Gasteiger partial charge in [0.05, 0.1) is 31.8 Å². The first-order valence-electron chi connectivity index (χ1n) is 16.8. The molecule has 0 spiro atoms. The van der Waals surface area contributed by atoms with Gasteiger partial charge in [-0.2, -0.15) is 0 Å². The minimum absolute atomic E-state index is 0.0151. The van der Waals surface area contributed by atoms with Crippen molar-refractivity contribution in [2.75, 3.05) is 51.4 Å². The molecule has 50 heavy (non-hydrogen) atoms. The van der Waals surface area contributed by atoms with E-state index < -0.39 is 41.4 Å². The number of esters is 1. The van der Waals surface area contributed by atoms with E-state index in [1.54, 1.807) is 72.7 Å². The highest BCUT2D eigenvalue weighted by Gasteiger charge is 2.29. The van der Waals surface area contributed by atoms with E-state index in [-0.39, 0.29) is 69.7 Å². The molecule has 7 N–H and O–H groups in total. The number of alkyl carbamates (subject to hydrolysis) is 1. The van der Waals surface area contributed by atoms with Crippen molar-refractivity contribution in [2.45, 2.75) is 80.0 Å². The SMILES string of the molecule is CC(C)C(=O)NC(C(=O)N[C@H](CCCNC(N)=O)C(=O)Nc1ccc(COC(=O)NCCOCCOCCOC(=O)C(C)(C)C)cc1)C(C)C. The maximum absolute atomic E-state index is 13.2. The molecule has 0 bridgehead atoms. The number of benzene rings is 1. The summed E-state index contributed by atoms with van der Waals surface area (Å²) in [5.74, 6) is -2.13. The van der Waals surface area contributed by atoms with Gasteiger partial charge in [-0.3, -0.25) is 19.2 Å². The van der Waals surface area contributed by atoms with Gasteiger partial charge in [0, 0.05) is 24.7 Å². The van der Waals surface area contributed by atoms with Gasteiger partial charge in [0.1, 0.15) is 25.3 Å². The summed E-state index contributed by atoms with van der Waals surface area (Å²) in [4.78, 5) is 73.5. The van der Waals surface area contributed by atoms with Crippen molar-refractivity contribution >= 4 is 41.5 Å². The number of carbonyl (C=O) groups is 6. The number of urea groups is 1. The number of hydrogen-bond acceptors (Lipinski definition) is 10. The Morgan fingerprint density at radius 2 is 1.36 bits per heavy atom. The van der Waals surface area contributed by atoms with Crippen LogP contribution in [0.25, 0.3) is 0 Å². The molecular formula is C34H56N6O10. The standard InChI is InChI=1S/C34H56N6O10/c1-22(2)27(40-28(41)23(3)4)30(43)39-26(9-8-14-36-32(35)45)29(42)38-25-12-10-24(11-13-25)21-50-33(46)37-15-16-47-17-18-48-19-20-49-31(44)34(5,6)7/h10-13,22-23,26-27H,8-9,14-21H2,1-7H3,(H,37,46)(H,38,42)(H,39,43)(H,40,41)(H3,35,36,45)/t26-,27?/m1/s1. The van der Waals surface area contributed by atoms with Crippen LogP contribution in [0.1, 0.15) is 66.9 Å². The zero-order valence-corrected chi connectivity index (χ0v) is 30.3. The quantitative estimate of drug-likeness (QED) is 0.0761. The Morgan fingerprint density at radius 3 is 1.94 bits per heavy atom. The van der Waals surface area contributed by atoms with E-state index in [2.05, 4.69) is 26.6 Å². The smallest absolute Gasteiger partial charge is 0.407 e. The number of anilines is 1. The van der Waals surface area contributed by atoms with Crippen molar-refractivity contribution < 1.29 is 47.7 Å². The van der Waals surface area contributed by atoms with Gasteiger partial charge in [0.15, 0.2) is 0 Å². The number of amides is 6. The lowest BCUT2D eigenvalue weighted by molar-refractivity contribution is -0.154. The second-order valence-electron chi connectivity index (χ2n) is 13.2. The number of primary amides is 1. The van der Waals surface area contributed by atoms with Crippen LogP contribution >= 0.6 is 0 Å². The molecule has 6 amide bonds. The monoisotopic (exact) mass is 708 g/mol. The van der Waals surface area contributed by atoms with Gasteiger partial charge in [-0.1, -0.05) is 39.8 Å². The summed E-state index contributed by atoms with van der Waals surface area (Å²) in [5, 5.41) is 13.3. The second-order valence-corrected chi connectivity index (χ2v) is 13.2. The molecule has 16 heteroatoms. The third-order valence-corrected chi connectivity index (χ3v) is 6.93. The van der Waals surface area contributed by atoms with Crippen LogP contribution in [0.5, 0.6) is 0 Å². The topological polar surface area (TPSA) is 226 Å². The molecule has 1 rings (SSSR count). The summed E-state index contributed by atoms with van der Waals surface area (Å²) in [6.45, 7) is 14.1. The van der Waals surface area contributed by atoms with Crippen LogP contribution in [-0.4, -0.2) is 94.0 Å². The lowest BCUT2D eigenvalue weighted by Crippen LogP contribution is -2.55. The Morgan fingerprint density at radius 1 is 0.740 bits per heavy atom. The van der Waals surface area contributed by atoms with E-state index in [9.17, 15) is 28.8 Å². The van der Waals surface area contributed by atoms with Crippen molar-refractivity contribution in [1.29, 1.82) is 0 Å². The first-order chi connectivity index (χ1) is 23.5. The third-order valence-electron chi connectivity index (χ3n) is 6.93. The number of nitrogens with one attached hydrogen (secondary N) is 5. The molecule has 0 saturated carbocycles. The molecule has 0 fully saturated rings. The molecule has 282 valence electrons. The summed E-state index contributed by atoms with van der Waals surface area (Å²) >= 11 is 0.